The summed E-state index contributed by atoms with van der Waals surface area (Å²) >= 11 is 0. The average Bonchev–Trinajstić information content (AvgIpc) is 2.52. The summed E-state index contributed by atoms with van der Waals surface area (Å²) in [5.41, 5.74) is 3.12. The van der Waals surface area contributed by atoms with E-state index < -0.39 is 12.1 Å². The molecule has 2 aromatic rings. The largest absolute Gasteiger partial charge is 0.494 e. The first kappa shape index (κ1) is 16.9. The number of carboxylic acids is 1. The molecular formula is C19H22O4. The zero-order chi connectivity index (χ0) is 16.8. The van der Waals surface area contributed by atoms with E-state index in [1.165, 1.54) is 0 Å². The van der Waals surface area contributed by atoms with Crippen molar-refractivity contribution in [2.75, 3.05) is 6.61 Å². The Hall–Kier alpha value is -2.49. The second kappa shape index (κ2) is 7.68. The first-order chi connectivity index (χ1) is 11.0. The van der Waals surface area contributed by atoms with Gasteiger partial charge in [-0.3, -0.25) is 0 Å². The summed E-state index contributed by atoms with van der Waals surface area (Å²) in [6, 6.07) is 13.0. The van der Waals surface area contributed by atoms with Crippen molar-refractivity contribution in [3.05, 3.63) is 59.2 Å². The maximum Gasteiger partial charge on any atom is 0.345 e. The fourth-order valence-electron chi connectivity index (χ4n) is 2.23. The van der Waals surface area contributed by atoms with Crippen molar-refractivity contribution in [3.8, 4) is 11.5 Å². The molecule has 0 aromatic heterocycles. The third-order valence-electron chi connectivity index (χ3n) is 3.69. The van der Waals surface area contributed by atoms with Crippen LogP contribution >= 0.6 is 0 Å². The Kier molecular flexibility index (Phi) is 5.63. The number of aliphatic carboxylic acids is 1. The van der Waals surface area contributed by atoms with Crippen LogP contribution in [0.1, 0.15) is 23.6 Å². The highest BCUT2D eigenvalue weighted by Gasteiger charge is 2.20. The van der Waals surface area contributed by atoms with Crippen LogP contribution < -0.4 is 9.47 Å². The molecule has 0 aliphatic heterocycles. The highest BCUT2D eigenvalue weighted by molar-refractivity contribution is 5.73. The van der Waals surface area contributed by atoms with Gasteiger partial charge in [0.2, 0.25) is 0 Å². The second-order valence-corrected chi connectivity index (χ2v) is 5.47. The van der Waals surface area contributed by atoms with Crippen molar-refractivity contribution in [1.29, 1.82) is 0 Å². The Balaban J connectivity index is 2.09. The molecule has 1 N–H and O–H groups in total. The molecule has 0 fully saturated rings. The SMILES string of the molecule is CCOc1ccc(C[C@H](Oc2ccc(C)c(C)c2)C(=O)O)cc1. The van der Waals surface area contributed by atoms with Crippen molar-refractivity contribution in [3.63, 3.8) is 0 Å². The van der Waals surface area contributed by atoms with E-state index in [0.717, 1.165) is 22.4 Å². The lowest BCUT2D eigenvalue weighted by Gasteiger charge is -2.16. The van der Waals surface area contributed by atoms with Crippen LogP contribution in [0.15, 0.2) is 42.5 Å². The highest BCUT2D eigenvalue weighted by Crippen LogP contribution is 2.20. The number of carbonyl (C=O) groups is 1. The van der Waals surface area contributed by atoms with Gasteiger partial charge in [0, 0.05) is 6.42 Å². The molecule has 0 radical (unpaired) electrons. The van der Waals surface area contributed by atoms with E-state index >= 15 is 0 Å². The summed E-state index contributed by atoms with van der Waals surface area (Å²) in [7, 11) is 0. The van der Waals surface area contributed by atoms with Crippen LogP contribution in [0.3, 0.4) is 0 Å². The quantitative estimate of drug-likeness (QED) is 0.845. The summed E-state index contributed by atoms with van der Waals surface area (Å²) in [6.45, 7) is 6.51. The van der Waals surface area contributed by atoms with Gasteiger partial charge >= 0.3 is 5.97 Å². The Morgan fingerprint density at radius 2 is 1.70 bits per heavy atom. The minimum Gasteiger partial charge on any atom is -0.494 e. The molecular weight excluding hydrogens is 292 g/mol. The van der Waals surface area contributed by atoms with Gasteiger partial charge in [-0.25, -0.2) is 4.79 Å². The molecule has 23 heavy (non-hydrogen) atoms. The zero-order valence-electron chi connectivity index (χ0n) is 13.7. The van der Waals surface area contributed by atoms with Crippen molar-refractivity contribution in [2.45, 2.75) is 33.3 Å². The van der Waals surface area contributed by atoms with Crippen molar-refractivity contribution in [1.82, 2.24) is 0 Å². The molecule has 2 aromatic carbocycles. The van der Waals surface area contributed by atoms with Gasteiger partial charge in [-0.15, -0.1) is 0 Å². The molecule has 4 nitrogen and oxygen atoms in total. The molecule has 0 bridgehead atoms. The van der Waals surface area contributed by atoms with Crippen LogP contribution in [0.4, 0.5) is 0 Å². The summed E-state index contributed by atoms with van der Waals surface area (Å²) < 4.78 is 11.0. The first-order valence-electron chi connectivity index (χ1n) is 7.68. The van der Waals surface area contributed by atoms with Crippen LogP contribution in [0, 0.1) is 13.8 Å². The molecule has 0 aliphatic carbocycles. The summed E-state index contributed by atoms with van der Waals surface area (Å²) in [4.78, 5) is 11.5. The van der Waals surface area contributed by atoms with E-state index in [9.17, 15) is 9.90 Å². The minimum atomic E-state index is -0.975. The first-order valence-corrected chi connectivity index (χ1v) is 7.68. The molecule has 0 amide bonds. The van der Waals surface area contributed by atoms with Gasteiger partial charge in [0.25, 0.3) is 0 Å². The zero-order valence-corrected chi connectivity index (χ0v) is 13.7. The van der Waals surface area contributed by atoms with Crippen molar-refractivity contribution < 1.29 is 19.4 Å². The van der Waals surface area contributed by atoms with Gasteiger partial charge in [-0.05, 0) is 61.7 Å². The third-order valence-corrected chi connectivity index (χ3v) is 3.69. The Bertz CT molecular complexity index is 662. The van der Waals surface area contributed by atoms with Crippen LogP contribution in [-0.2, 0) is 11.2 Å². The lowest BCUT2D eigenvalue weighted by Crippen LogP contribution is -2.29. The number of rotatable bonds is 7. The van der Waals surface area contributed by atoms with Crippen LogP contribution in [0.25, 0.3) is 0 Å². The molecule has 4 heteroatoms. The summed E-state index contributed by atoms with van der Waals surface area (Å²) in [5, 5.41) is 9.41. The van der Waals surface area contributed by atoms with E-state index in [-0.39, 0.29) is 0 Å². The molecule has 0 aliphatic rings. The Labute approximate surface area is 136 Å². The fraction of sp³-hybridized carbons (Fsp3) is 0.316. The molecule has 0 heterocycles. The fourth-order valence-corrected chi connectivity index (χ4v) is 2.23. The van der Waals surface area contributed by atoms with Gasteiger partial charge in [0.1, 0.15) is 11.5 Å². The van der Waals surface area contributed by atoms with Crippen molar-refractivity contribution >= 4 is 5.97 Å². The lowest BCUT2D eigenvalue weighted by atomic mass is 10.1. The van der Waals surface area contributed by atoms with Crippen LogP contribution in [0.5, 0.6) is 11.5 Å². The van der Waals surface area contributed by atoms with Crippen LogP contribution in [-0.4, -0.2) is 23.8 Å². The molecule has 2 rings (SSSR count). The molecule has 0 saturated carbocycles. The highest BCUT2D eigenvalue weighted by atomic mass is 16.5. The summed E-state index contributed by atoms with van der Waals surface area (Å²) in [5.74, 6) is 0.377. The molecule has 122 valence electrons. The molecule has 0 spiro atoms. The van der Waals surface area contributed by atoms with Gasteiger partial charge in [0.15, 0.2) is 6.10 Å². The predicted molar refractivity (Wildman–Crippen MR) is 89.3 cm³/mol. The molecule has 1 atom stereocenters. The normalized spacial score (nSPS) is 11.8. The van der Waals surface area contributed by atoms with Crippen LogP contribution in [0.2, 0.25) is 0 Å². The minimum absolute atomic E-state index is 0.300. The number of ether oxygens (including phenoxy) is 2. The summed E-state index contributed by atoms with van der Waals surface area (Å²) in [6.07, 6.45) is -0.621. The Morgan fingerprint density at radius 1 is 1.04 bits per heavy atom. The standard InChI is InChI=1S/C19H22O4/c1-4-22-16-9-6-15(7-10-16)12-18(19(20)21)23-17-8-5-13(2)14(3)11-17/h5-11,18H,4,12H2,1-3H3,(H,20,21)/t18-/m0/s1. The third kappa shape index (κ3) is 4.74. The van der Waals surface area contributed by atoms with Gasteiger partial charge in [-0.2, -0.15) is 0 Å². The van der Waals surface area contributed by atoms with E-state index in [2.05, 4.69) is 0 Å². The molecule has 0 unspecified atom stereocenters. The van der Waals surface area contributed by atoms with E-state index in [4.69, 9.17) is 9.47 Å². The molecule has 0 saturated heterocycles. The van der Waals surface area contributed by atoms with Gasteiger partial charge < -0.3 is 14.6 Å². The maximum absolute atomic E-state index is 11.5. The van der Waals surface area contributed by atoms with Gasteiger partial charge in [0.05, 0.1) is 6.61 Å². The van der Waals surface area contributed by atoms with E-state index in [1.54, 1.807) is 6.07 Å². The number of hydrogen-bond acceptors (Lipinski definition) is 3. The van der Waals surface area contributed by atoms with E-state index in [0.29, 0.717) is 18.8 Å². The topological polar surface area (TPSA) is 55.8 Å². The van der Waals surface area contributed by atoms with Gasteiger partial charge in [-0.1, -0.05) is 18.2 Å². The monoisotopic (exact) mass is 314 g/mol. The lowest BCUT2D eigenvalue weighted by molar-refractivity contribution is -0.145. The number of aryl methyl sites for hydroxylation is 2. The predicted octanol–water partition coefficient (Wildman–Crippen LogP) is 3.78. The smallest absolute Gasteiger partial charge is 0.345 e. The number of hydrogen-bond donors (Lipinski definition) is 1. The maximum atomic E-state index is 11.5. The number of benzene rings is 2. The Morgan fingerprint density at radius 3 is 2.26 bits per heavy atom. The second-order valence-electron chi connectivity index (χ2n) is 5.47. The van der Waals surface area contributed by atoms with Crippen molar-refractivity contribution in [2.24, 2.45) is 0 Å². The number of carboxylic acid groups (broad SMARTS) is 1. The van der Waals surface area contributed by atoms with E-state index in [1.807, 2.05) is 57.2 Å². The average molecular weight is 314 g/mol.